The second-order valence-electron chi connectivity index (χ2n) is 6.67. The van der Waals surface area contributed by atoms with Gasteiger partial charge in [0.15, 0.2) is 0 Å². The highest BCUT2D eigenvalue weighted by Gasteiger charge is 2.27. The topological polar surface area (TPSA) is 9.23 Å². The molecule has 0 unspecified atom stereocenters. The second-order valence-corrected chi connectivity index (χ2v) is 7.72. The SMILES string of the molecule is CC(C)c1ccc2c(c1)SC1=C(C=CC1=C1CCCCC1)O2. The van der Waals surface area contributed by atoms with Crippen LogP contribution in [0.25, 0.3) is 0 Å². The van der Waals surface area contributed by atoms with Crippen molar-refractivity contribution in [1.29, 1.82) is 0 Å². The molecule has 1 aromatic carbocycles. The summed E-state index contributed by atoms with van der Waals surface area (Å²) in [6, 6.07) is 6.62. The molecule has 114 valence electrons. The number of thioether (sulfide) groups is 1. The van der Waals surface area contributed by atoms with Gasteiger partial charge in [-0.3, -0.25) is 0 Å². The summed E-state index contributed by atoms with van der Waals surface area (Å²) in [6.45, 7) is 4.49. The molecular weight excluding hydrogens is 288 g/mol. The first-order valence-corrected chi connectivity index (χ1v) is 9.18. The fraction of sp³-hybridized carbons (Fsp3) is 0.400. The predicted octanol–water partition coefficient (Wildman–Crippen LogP) is 6.34. The van der Waals surface area contributed by atoms with Gasteiger partial charge in [0.25, 0.3) is 0 Å². The van der Waals surface area contributed by atoms with Crippen LogP contribution >= 0.6 is 11.8 Å². The van der Waals surface area contributed by atoms with Crippen molar-refractivity contribution in [3.8, 4) is 5.75 Å². The molecule has 0 N–H and O–H groups in total. The number of rotatable bonds is 1. The number of hydrogen-bond donors (Lipinski definition) is 0. The standard InChI is InChI=1S/C20H22OS/c1-13(2)15-8-10-17-19(12-15)22-20-16(9-11-18(20)21-17)14-6-4-3-5-7-14/h8-13H,3-7H2,1-2H3. The lowest BCUT2D eigenvalue weighted by atomic mass is 9.91. The molecule has 1 aromatic rings. The highest BCUT2D eigenvalue weighted by atomic mass is 32.2. The summed E-state index contributed by atoms with van der Waals surface area (Å²) < 4.78 is 6.15. The predicted molar refractivity (Wildman–Crippen MR) is 93.3 cm³/mol. The third kappa shape index (κ3) is 2.44. The minimum Gasteiger partial charge on any atom is -0.455 e. The summed E-state index contributed by atoms with van der Waals surface area (Å²) in [5, 5.41) is 0. The van der Waals surface area contributed by atoms with Crippen LogP contribution in [0.15, 0.2) is 57.1 Å². The van der Waals surface area contributed by atoms with E-state index in [-0.39, 0.29) is 0 Å². The monoisotopic (exact) mass is 310 g/mol. The zero-order valence-corrected chi connectivity index (χ0v) is 14.1. The van der Waals surface area contributed by atoms with Crippen molar-refractivity contribution in [2.75, 3.05) is 0 Å². The summed E-state index contributed by atoms with van der Waals surface area (Å²) in [6.07, 6.45) is 11.0. The zero-order chi connectivity index (χ0) is 15.1. The van der Waals surface area contributed by atoms with Crippen LogP contribution in [-0.4, -0.2) is 0 Å². The lowest BCUT2D eigenvalue weighted by molar-refractivity contribution is 0.430. The van der Waals surface area contributed by atoms with Gasteiger partial charge in [-0.25, -0.2) is 0 Å². The van der Waals surface area contributed by atoms with Crippen LogP contribution in [0.3, 0.4) is 0 Å². The average Bonchev–Trinajstić information content (AvgIpc) is 2.95. The van der Waals surface area contributed by atoms with Crippen molar-refractivity contribution in [3.63, 3.8) is 0 Å². The number of hydrogen-bond acceptors (Lipinski definition) is 2. The average molecular weight is 310 g/mol. The van der Waals surface area contributed by atoms with E-state index in [1.165, 1.54) is 53.0 Å². The molecule has 4 rings (SSSR count). The van der Waals surface area contributed by atoms with Crippen LogP contribution in [0.2, 0.25) is 0 Å². The van der Waals surface area contributed by atoms with E-state index in [1.54, 1.807) is 5.57 Å². The summed E-state index contributed by atoms with van der Waals surface area (Å²) >= 11 is 1.90. The largest absolute Gasteiger partial charge is 0.455 e. The van der Waals surface area contributed by atoms with E-state index in [0.717, 1.165) is 11.5 Å². The van der Waals surface area contributed by atoms with E-state index in [1.807, 2.05) is 11.8 Å². The maximum absolute atomic E-state index is 6.15. The molecule has 1 fully saturated rings. The smallest absolute Gasteiger partial charge is 0.142 e. The van der Waals surface area contributed by atoms with Gasteiger partial charge in [0.05, 0.1) is 9.80 Å². The van der Waals surface area contributed by atoms with E-state index >= 15 is 0 Å². The van der Waals surface area contributed by atoms with Crippen molar-refractivity contribution >= 4 is 11.8 Å². The molecule has 0 aromatic heterocycles. The molecule has 0 amide bonds. The van der Waals surface area contributed by atoms with Crippen molar-refractivity contribution in [3.05, 3.63) is 57.7 Å². The van der Waals surface area contributed by atoms with E-state index in [9.17, 15) is 0 Å². The molecule has 0 radical (unpaired) electrons. The third-order valence-corrected chi connectivity index (χ3v) is 5.94. The Labute approximate surface area is 137 Å². The van der Waals surface area contributed by atoms with Gasteiger partial charge in [-0.05, 0) is 60.9 Å². The molecule has 1 nitrogen and oxygen atoms in total. The van der Waals surface area contributed by atoms with E-state index in [4.69, 9.17) is 4.74 Å². The van der Waals surface area contributed by atoms with Gasteiger partial charge in [0.2, 0.25) is 0 Å². The Kier molecular flexibility index (Phi) is 3.65. The lowest BCUT2D eigenvalue weighted by Crippen LogP contribution is -2.04. The summed E-state index contributed by atoms with van der Waals surface area (Å²) in [4.78, 5) is 2.60. The maximum Gasteiger partial charge on any atom is 0.142 e. The van der Waals surface area contributed by atoms with Gasteiger partial charge in [0.1, 0.15) is 11.5 Å². The fourth-order valence-electron chi connectivity index (χ4n) is 3.43. The Bertz CT molecular complexity index is 698. The van der Waals surface area contributed by atoms with Gasteiger partial charge in [-0.15, -0.1) is 0 Å². The molecule has 22 heavy (non-hydrogen) atoms. The normalized spacial score (nSPS) is 20.3. The van der Waals surface area contributed by atoms with Gasteiger partial charge in [-0.1, -0.05) is 49.7 Å². The molecule has 1 heterocycles. The number of allylic oxidation sites excluding steroid dienone is 4. The number of fused-ring (bicyclic) bond motifs is 1. The third-order valence-electron chi connectivity index (χ3n) is 4.77. The van der Waals surface area contributed by atoms with Crippen LogP contribution in [-0.2, 0) is 0 Å². The van der Waals surface area contributed by atoms with Crippen molar-refractivity contribution < 1.29 is 4.74 Å². The van der Waals surface area contributed by atoms with Crippen LogP contribution in [0.1, 0.15) is 57.4 Å². The fourth-order valence-corrected chi connectivity index (χ4v) is 4.59. The number of ether oxygens (including phenoxy) is 1. The summed E-state index contributed by atoms with van der Waals surface area (Å²) in [5.41, 5.74) is 4.46. The minimum atomic E-state index is 0.555. The maximum atomic E-state index is 6.15. The van der Waals surface area contributed by atoms with E-state index in [2.05, 4.69) is 44.2 Å². The van der Waals surface area contributed by atoms with Crippen molar-refractivity contribution in [2.45, 2.75) is 56.8 Å². The van der Waals surface area contributed by atoms with Crippen LogP contribution in [0, 0.1) is 0 Å². The number of benzene rings is 1. The molecule has 0 atom stereocenters. The highest BCUT2D eigenvalue weighted by Crippen LogP contribution is 2.49. The quantitative estimate of drug-likeness (QED) is 0.599. The van der Waals surface area contributed by atoms with E-state index in [0.29, 0.717) is 5.92 Å². The highest BCUT2D eigenvalue weighted by molar-refractivity contribution is 8.03. The minimum absolute atomic E-state index is 0.555. The van der Waals surface area contributed by atoms with E-state index < -0.39 is 0 Å². The van der Waals surface area contributed by atoms with Gasteiger partial charge >= 0.3 is 0 Å². The Balaban J connectivity index is 1.69. The first-order chi connectivity index (χ1) is 10.7. The Hall–Kier alpha value is -1.41. The first kappa shape index (κ1) is 14.2. The Morgan fingerprint density at radius 3 is 2.64 bits per heavy atom. The van der Waals surface area contributed by atoms with Gasteiger partial charge < -0.3 is 4.74 Å². The zero-order valence-electron chi connectivity index (χ0n) is 13.3. The van der Waals surface area contributed by atoms with Crippen LogP contribution in [0.5, 0.6) is 5.75 Å². The van der Waals surface area contributed by atoms with Crippen molar-refractivity contribution in [1.82, 2.24) is 0 Å². The Morgan fingerprint density at radius 2 is 1.86 bits per heavy atom. The molecular formula is C20H22OS. The lowest BCUT2D eigenvalue weighted by Gasteiger charge is -2.23. The summed E-state index contributed by atoms with van der Waals surface area (Å²) in [5.74, 6) is 2.61. The molecule has 1 saturated carbocycles. The van der Waals surface area contributed by atoms with Gasteiger partial charge in [0, 0.05) is 0 Å². The molecule has 0 spiro atoms. The molecule has 0 saturated heterocycles. The second kappa shape index (κ2) is 5.66. The molecule has 2 heteroatoms. The molecule has 2 aliphatic carbocycles. The van der Waals surface area contributed by atoms with Crippen LogP contribution in [0.4, 0.5) is 0 Å². The first-order valence-electron chi connectivity index (χ1n) is 8.37. The molecule has 1 aliphatic heterocycles. The van der Waals surface area contributed by atoms with Crippen molar-refractivity contribution in [2.24, 2.45) is 0 Å². The molecule has 3 aliphatic rings. The molecule has 0 bridgehead atoms. The Morgan fingerprint density at radius 1 is 1.05 bits per heavy atom. The summed E-state index contributed by atoms with van der Waals surface area (Å²) in [7, 11) is 0. The van der Waals surface area contributed by atoms with Crippen LogP contribution < -0.4 is 4.74 Å². The van der Waals surface area contributed by atoms with Gasteiger partial charge in [-0.2, -0.15) is 0 Å².